The Bertz CT molecular complexity index is 640. The molecule has 1 fully saturated rings. The molecule has 0 unspecified atom stereocenters. The summed E-state index contributed by atoms with van der Waals surface area (Å²) < 4.78 is 0. The van der Waals surface area contributed by atoms with Gasteiger partial charge in [-0.3, -0.25) is 4.90 Å². The van der Waals surface area contributed by atoms with E-state index >= 15 is 0 Å². The molecule has 0 spiro atoms. The first-order valence-electron chi connectivity index (χ1n) is 7.56. The molecule has 2 nitrogen and oxygen atoms in total. The minimum absolute atomic E-state index is 0.247. The van der Waals surface area contributed by atoms with E-state index in [4.69, 9.17) is 0 Å². The molecule has 2 aromatic rings. The van der Waals surface area contributed by atoms with Crippen LogP contribution < -0.4 is 0 Å². The fraction of sp³-hybridized carbons (Fsp3) is 0.529. The van der Waals surface area contributed by atoms with Gasteiger partial charge >= 0.3 is 0 Å². The first-order chi connectivity index (χ1) is 9.20. The summed E-state index contributed by atoms with van der Waals surface area (Å²) >= 11 is 0. The average Bonchev–Trinajstić information content (AvgIpc) is 2.80. The van der Waals surface area contributed by atoms with Crippen LogP contribution in [0.2, 0.25) is 0 Å². The van der Waals surface area contributed by atoms with Crippen LogP contribution in [0.25, 0.3) is 10.9 Å². The predicted molar refractivity (Wildman–Crippen MR) is 79.5 cm³/mol. The second kappa shape index (κ2) is 3.86. The van der Waals surface area contributed by atoms with Crippen molar-refractivity contribution in [2.45, 2.75) is 45.1 Å². The largest absolute Gasteiger partial charge is 0.356 e. The number of nitrogens with zero attached hydrogens (tertiary/aromatic N) is 1. The summed E-state index contributed by atoms with van der Waals surface area (Å²) in [5.41, 5.74) is 6.07. The number of aromatic nitrogens is 1. The molecule has 2 heteroatoms. The normalized spacial score (nSPS) is 27.3. The molecule has 2 aliphatic heterocycles. The number of para-hydroxylation sites is 1. The highest BCUT2D eigenvalue weighted by molar-refractivity contribution is 5.87. The van der Waals surface area contributed by atoms with Gasteiger partial charge in [0.05, 0.1) is 5.54 Å². The first kappa shape index (κ1) is 11.5. The van der Waals surface area contributed by atoms with Crippen molar-refractivity contribution in [3.05, 3.63) is 35.0 Å². The minimum Gasteiger partial charge on any atom is -0.356 e. The molecule has 2 aliphatic rings. The summed E-state index contributed by atoms with van der Waals surface area (Å²) in [4.78, 5) is 6.48. The highest BCUT2D eigenvalue weighted by Gasteiger charge is 2.41. The van der Waals surface area contributed by atoms with Crippen molar-refractivity contribution in [2.75, 3.05) is 13.1 Å². The number of hydrogen-bond acceptors (Lipinski definition) is 1. The molecule has 0 radical (unpaired) electrons. The maximum atomic E-state index is 3.78. The van der Waals surface area contributed by atoms with Crippen LogP contribution >= 0.6 is 0 Å². The number of aryl methyl sites for hydroxylation is 1. The molecule has 1 aromatic heterocycles. The van der Waals surface area contributed by atoms with Crippen LogP contribution in [0.5, 0.6) is 0 Å². The van der Waals surface area contributed by atoms with Crippen LogP contribution in [0.15, 0.2) is 18.2 Å². The number of fused-ring (bicyclic) bond motifs is 5. The van der Waals surface area contributed by atoms with Crippen molar-refractivity contribution in [1.82, 2.24) is 9.88 Å². The second-order valence-corrected chi connectivity index (χ2v) is 6.44. The molecule has 1 aromatic carbocycles. The van der Waals surface area contributed by atoms with Crippen LogP contribution in [0, 0.1) is 6.92 Å². The van der Waals surface area contributed by atoms with E-state index in [2.05, 4.69) is 41.9 Å². The van der Waals surface area contributed by atoms with Gasteiger partial charge in [0, 0.05) is 23.1 Å². The van der Waals surface area contributed by atoms with Gasteiger partial charge in [-0.15, -0.1) is 0 Å². The summed E-state index contributed by atoms with van der Waals surface area (Å²) in [7, 11) is 0. The number of piperidine rings is 1. The quantitative estimate of drug-likeness (QED) is 0.759. The number of nitrogens with one attached hydrogen (secondary N) is 1. The highest BCUT2D eigenvalue weighted by Crippen LogP contribution is 2.44. The van der Waals surface area contributed by atoms with Gasteiger partial charge in [-0.2, -0.15) is 0 Å². The van der Waals surface area contributed by atoms with Crippen molar-refractivity contribution in [3.63, 3.8) is 0 Å². The highest BCUT2D eigenvalue weighted by atomic mass is 15.2. The zero-order valence-corrected chi connectivity index (χ0v) is 11.9. The third kappa shape index (κ3) is 1.47. The van der Waals surface area contributed by atoms with Gasteiger partial charge in [0.25, 0.3) is 0 Å². The van der Waals surface area contributed by atoms with Crippen molar-refractivity contribution >= 4 is 10.9 Å². The van der Waals surface area contributed by atoms with Gasteiger partial charge in [0.2, 0.25) is 0 Å². The summed E-state index contributed by atoms with van der Waals surface area (Å²) in [5.74, 6) is 0. The van der Waals surface area contributed by atoms with E-state index in [1.54, 1.807) is 5.56 Å². The first-order valence-corrected chi connectivity index (χ1v) is 7.56. The maximum Gasteiger partial charge on any atom is 0.0586 e. The number of aromatic amines is 1. The number of H-pyrrole nitrogens is 1. The lowest BCUT2D eigenvalue weighted by atomic mass is 9.80. The van der Waals surface area contributed by atoms with Crippen molar-refractivity contribution in [3.8, 4) is 0 Å². The fourth-order valence-electron chi connectivity index (χ4n) is 4.20. The molecular formula is C17H22N2. The van der Waals surface area contributed by atoms with E-state index in [1.165, 1.54) is 60.9 Å². The van der Waals surface area contributed by atoms with Gasteiger partial charge in [-0.25, -0.2) is 0 Å². The van der Waals surface area contributed by atoms with Crippen molar-refractivity contribution in [2.24, 2.45) is 0 Å². The standard InChI is InChI=1S/C17H22N2/c1-12-6-5-7-13-14-8-11-19-10-4-3-9-17(19,2)16(14)18-15(12)13/h5-7,18H,3-4,8-11H2,1-2H3/t17-/m1/s1. The zero-order chi connectivity index (χ0) is 13.0. The number of hydrogen-bond donors (Lipinski definition) is 1. The zero-order valence-electron chi connectivity index (χ0n) is 11.9. The van der Waals surface area contributed by atoms with E-state index in [0.29, 0.717) is 0 Å². The molecule has 0 aliphatic carbocycles. The predicted octanol–water partition coefficient (Wildman–Crippen LogP) is 3.73. The molecule has 100 valence electrons. The third-order valence-electron chi connectivity index (χ3n) is 5.36. The Morgan fingerprint density at radius 1 is 1.21 bits per heavy atom. The average molecular weight is 254 g/mol. The Morgan fingerprint density at radius 3 is 3.00 bits per heavy atom. The van der Waals surface area contributed by atoms with Crippen LogP contribution in [0.3, 0.4) is 0 Å². The van der Waals surface area contributed by atoms with Crippen LogP contribution in [0.4, 0.5) is 0 Å². The molecule has 0 amide bonds. The fourth-order valence-corrected chi connectivity index (χ4v) is 4.20. The minimum atomic E-state index is 0.247. The third-order valence-corrected chi connectivity index (χ3v) is 5.36. The SMILES string of the molecule is Cc1cccc2c3c([nH]c12)[C@@]1(C)CCCCN1CC3. The second-order valence-electron chi connectivity index (χ2n) is 6.44. The van der Waals surface area contributed by atoms with Gasteiger partial charge < -0.3 is 4.98 Å². The lowest BCUT2D eigenvalue weighted by molar-refractivity contribution is 0.0464. The molecule has 4 rings (SSSR count). The molecule has 19 heavy (non-hydrogen) atoms. The number of rotatable bonds is 0. The van der Waals surface area contributed by atoms with Crippen LogP contribution in [-0.4, -0.2) is 23.0 Å². The summed E-state index contributed by atoms with van der Waals surface area (Å²) in [6.07, 6.45) is 5.23. The Labute approximate surface area is 114 Å². The smallest absolute Gasteiger partial charge is 0.0586 e. The molecule has 0 bridgehead atoms. The van der Waals surface area contributed by atoms with Crippen LogP contribution in [0.1, 0.15) is 43.0 Å². The summed E-state index contributed by atoms with van der Waals surface area (Å²) in [5, 5.41) is 1.46. The van der Waals surface area contributed by atoms with E-state index in [1.807, 2.05) is 0 Å². The van der Waals surface area contributed by atoms with Gasteiger partial charge in [0.15, 0.2) is 0 Å². The maximum absolute atomic E-state index is 3.78. The Kier molecular flexibility index (Phi) is 2.34. The Hall–Kier alpha value is -1.28. The van der Waals surface area contributed by atoms with Crippen molar-refractivity contribution < 1.29 is 0 Å². The molecule has 1 atom stereocenters. The Morgan fingerprint density at radius 2 is 2.11 bits per heavy atom. The molecule has 1 N–H and O–H groups in total. The molecule has 3 heterocycles. The monoisotopic (exact) mass is 254 g/mol. The van der Waals surface area contributed by atoms with E-state index in [0.717, 1.165) is 0 Å². The van der Waals surface area contributed by atoms with E-state index in [-0.39, 0.29) is 5.54 Å². The van der Waals surface area contributed by atoms with Crippen molar-refractivity contribution in [1.29, 1.82) is 0 Å². The molecule has 1 saturated heterocycles. The lowest BCUT2D eigenvalue weighted by Crippen LogP contribution is -2.51. The summed E-state index contributed by atoms with van der Waals surface area (Å²) in [6, 6.07) is 6.70. The van der Waals surface area contributed by atoms with E-state index < -0.39 is 0 Å². The van der Waals surface area contributed by atoms with Crippen LogP contribution in [-0.2, 0) is 12.0 Å². The Balaban J connectivity index is 1.98. The molecule has 0 saturated carbocycles. The molecular weight excluding hydrogens is 232 g/mol. The van der Waals surface area contributed by atoms with Gasteiger partial charge in [-0.05, 0) is 57.2 Å². The number of benzene rings is 1. The lowest BCUT2D eigenvalue weighted by Gasteiger charge is -2.48. The van der Waals surface area contributed by atoms with Gasteiger partial charge in [-0.1, -0.05) is 18.2 Å². The summed E-state index contributed by atoms with van der Waals surface area (Å²) in [6.45, 7) is 7.15. The topological polar surface area (TPSA) is 19.0 Å². The van der Waals surface area contributed by atoms with Gasteiger partial charge in [0.1, 0.15) is 0 Å². The van der Waals surface area contributed by atoms with E-state index in [9.17, 15) is 0 Å².